The number of nitrogens with zero attached hydrogens (tertiary/aromatic N) is 2. The summed E-state index contributed by atoms with van der Waals surface area (Å²) in [6, 6.07) is 17.7. The van der Waals surface area contributed by atoms with Gasteiger partial charge in [-0.3, -0.25) is 4.79 Å². The van der Waals surface area contributed by atoms with Crippen molar-refractivity contribution < 1.29 is 9.53 Å². The van der Waals surface area contributed by atoms with E-state index in [9.17, 15) is 4.79 Å². The summed E-state index contributed by atoms with van der Waals surface area (Å²) in [4.78, 5) is 18.0. The molecule has 5 nitrogen and oxygen atoms in total. The van der Waals surface area contributed by atoms with E-state index in [2.05, 4.69) is 41.9 Å². The Morgan fingerprint density at radius 3 is 2.77 bits per heavy atom. The average Bonchev–Trinajstić information content (AvgIpc) is 3.38. The van der Waals surface area contributed by atoms with E-state index in [1.54, 1.807) is 0 Å². The van der Waals surface area contributed by atoms with Crippen LogP contribution in [0.3, 0.4) is 0 Å². The molecule has 0 aliphatic carbocycles. The molecule has 1 N–H and O–H groups in total. The smallest absolute Gasteiger partial charge is 0.261 e. The number of ether oxygens (including phenoxy) is 1. The van der Waals surface area contributed by atoms with Crippen LogP contribution in [-0.4, -0.2) is 22.1 Å². The summed E-state index contributed by atoms with van der Waals surface area (Å²) in [5.41, 5.74) is 4.30. The number of hydrogen-bond donors (Lipinski definition) is 1. The number of thiophene rings is 1. The van der Waals surface area contributed by atoms with E-state index in [0.29, 0.717) is 18.0 Å². The molecule has 0 radical (unpaired) electrons. The van der Waals surface area contributed by atoms with Crippen LogP contribution < -0.4 is 10.1 Å². The van der Waals surface area contributed by atoms with Crippen LogP contribution in [0.1, 0.15) is 39.6 Å². The maximum atomic E-state index is 12.5. The molecule has 1 amide bonds. The summed E-state index contributed by atoms with van der Waals surface area (Å²) in [7, 11) is 0. The number of carbonyl (C=O) groups is 1. The molecule has 4 aromatic rings. The number of para-hydroxylation sites is 2. The van der Waals surface area contributed by atoms with Crippen LogP contribution in [0, 0.1) is 13.8 Å². The zero-order chi connectivity index (χ0) is 21.1. The first-order valence-electron chi connectivity index (χ1n) is 10.0. The van der Waals surface area contributed by atoms with Crippen LogP contribution in [0.2, 0.25) is 0 Å². The molecule has 1 atom stereocenters. The lowest BCUT2D eigenvalue weighted by molar-refractivity contribution is 0.0941. The summed E-state index contributed by atoms with van der Waals surface area (Å²) in [6.07, 6.45) is 0. The van der Waals surface area contributed by atoms with E-state index in [-0.39, 0.29) is 11.9 Å². The lowest BCUT2D eigenvalue weighted by Gasteiger charge is -2.17. The van der Waals surface area contributed by atoms with E-state index >= 15 is 0 Å². The molecule has 0 saturated carbocycles. The highest BCUT2D eigenvalue weighted by Crippen LogP contribution is 2.23. The molecule has 0 aliphatic rings. The molecular formula is C24H25N3O2S. The minimum absolute atomic E-state index is 0.0809. The second-order valence-corrected chi connectivity index (χ2v) is 8.35. The van der Waals surface area contributed by atoms with Gasteiger partial charge in [0.25, 0.3) is 5.91 Å². The van der Waals surface area contributed by atoms with Crippen molar-refractivity contribution in [2.75, 3.05) is 6.61 Å². The number of aromatic nitrogens is 2. The Balaban J connectivity index is 1.54. The summed E-state index contributed by atoms with van der Waals surface area (Å²) < 4.78 is 8.19. The van der Waals surface area contributed by atoms with Gasteiger partial charge in [0, 0.05) is 0 Å². The molecule has 0 spiro atoms. The number of fused-ring (bicyclic) bond motifs is 1. The van der Waals surface area contributed by atoms with Gasteiger partial charge in [-0.2, -0.15) is 0 Å². The van der Waals surface area contributed by atoms with Crippen molar-refractivity contribution in [3.05, 3.63) is 81.8 Å². The summed E-state index contributed by atoms with van der Waals surface area (Å²) in [5, 5.41) is 4.97. The third-order valence-corrected chi connectivity index (χ3v) is 5.94. The topological polar surface area (TPSA) is 56.1 Å². The van der Waals surface area contributed by atoms with Crippen molar-refractivity contribution in [3.8, 4) is 5.75 Å². The summed E-state index contributed by atoms with van der Waals surface area (Å²) in [5.74, 6) is 1.64. The number of imidazole rings is 1. The minimum atomic E-state index is -0.229. The van der Waals surface area contributed by atoms with E-state index < -0.39 is 0 Å². The molecule has 0 saturated heterocycles. The van der Waals surface area contributed by atoms with Gasteiger partial charge in [-0.25, -0.2) is 4.98 Å². The molecule has 1 unspecified atom stereocenters. The number of amides is 1. The number of rotatable bonds is 7. The van der Waals surface area contributed by atoms with Crippen LogP contribution in [-0.2, 0) is 6.54 Å². The Kier molecular flexibility index (Phi) is 5.86. The zero-order valence-corrected chi connectivity index (χ0v) is 18.2. The number of carbonyl (C=O) groups excluding carboxylic acids is 1. The van der Waals surface area contributed by atoms with Gasteiger partial charge in [0.1, 0.15) is 18.2 Å². The molecule has 30 heavy (non-hydrogen) atoms. The van der Waals surface area contributed by atoms with Gasteiger partial charge in [-0.05, 0) is 56.0 Å². The molecule has 4 rings (SSSR count). The first-order valence-corrected chi connectivity index (χ1v) is 10.9. The number of nitrogens with one attached hydrogen (secondary N) is 1. The average molecular weight is 420 g/mol. The second kappa shape index (κ2) is 8.71. The van der Waals surface area contributed by atoms with Crippen LogP contribution in [0.15, 0.2) is 60.0 Å². The van der Waals surface area contributed by atoms with E-state index in [4.69, 9.17) is 9.72 Å². The molecule has 0 aliphatic heterocycles. The SMILES string of the molecule is Cc1ccc(OCCn2c(C(C)NC(=O)c3cccs3)nc3ccccc32)c(C)c1. The van der Waals surface area contributed by atoms with Crippen molar-refractivity contribution in [3.63, 3.8) is 0 Å². The van der Waals surface area contributed by atoms with Crippen molar-refractivity contribution in [1.82, 2.24) is 14.9 Å². The van der Waals surface area contributed by atoms with Gasteiger partial charge in [-0.15, -0.1) is 11.3 Å². The Morgan fingerprint density at radius 1 is 1.17 bits per heavy atom. The summed E-state index contributed by atoms with van der Waals surface area (Å²) >= 11 is 1.43. The Hall–Kier alpha value is -3.12. The minimum Gasteiger partial charge on any atom is -0.491 e. The molecule has 6 heteroatoms. The normalized spacial score (nSPS) is 12.1. The van der Waals surface area contributed by atoms with E-state index in [1.165, 1.54) is 16.9 Å². The van der Waals surface area contributed by atoms with E-state index in [0.717, 1.165) is 28.2 Å². The first-order chi connectivity index (χ1) is 14.5. The predicted molar refractivity (Wildman–Crippen MR) is 121 cm³/mol. The fraction of sp³-hybridized carbons (Fsp3) is 0.250. The molecule has 154 valence electrons. The largest absolute Gasteiger partial charge is 0.491 e. The second-order valence-electron chi connectivity index (χ2n) is 7.40. The number of aryl methyl sites for hydroxylation is 2. The molecule has 2 aromatic heterocycles. The third kappa shape index (κ3) is 4.24. The fourth-order valence-corrected chi connectivity index (χ4v) is 4.23. The van der Waals surface area contributed by atoms with Gasteiger partial charge < -0.3 is 14.6 Å². The lowest BCUT2D eigenvalue weighted by atomic mass is 10.1. The standard InChI is InChI=1S/C24H25N3O2S/c1-16-10-11-21(17(2)15-16)29-13-12-27-20-8-5-4-7-19(20)26-23(27)18(3)25-24(28)22-9-6-14-30-22/h4-11,14-15,18H,12-13H2,1-3H3,(H,25,28). The first kappa shape index (κ1) is 20.2. The zero-order valence-electron chi connectivity index (χ0n) is 17.4. The van der Waals surface area contributed by atoms with Crippen molar-refractivity contribution in [1.29, 1.82) is 0 Å². The maximum absolute atomic E-state index is 12.5. The highest BCUT2D eigenvalue weighted by molar-refractivity contribution is 7.12. The maximum Gasteiger partial charge on any atom is 0.261 e. The number of benzene rings is 2. The van der Waals surface area contributed by atoms with Crippen molar-refractivity contribution in [2.45, 2.75) is 33.4 Å². The van der Waals surface area contributed by atoms with Crippen molar-refractivity contribution in [2.24, 2.45) is 0 Å². The fourth-order valence-electron chi connectivity index (χ4n) is 3.61. The molecule has 2 aromatic carbocycles. The monoisotopic (exact) mass is 419 g/mol. The molecular weight excluding hydrogens is 394 g/mol. The van der Waals surface area contributed by atoms with Crippen LogP contribution in [0.4, 0.5) is 0 Å². The molecule has 0 fully saturated rings. The highest BCUT2D eigenvalue weighted by atomic mass is 32.1. The molecule has 0 bridgehead atoms. The van der Waals surface area contributed by atoms with Crippen LogP contribution >= 0.6 is 11.3 Å². The van der Waals surface area contributed by atoms with Gasteiger partial charge in [0.15, 0.2) is 0 Å². The van der Waals surface area contributed by atoms with Crippen LogP contribution in [0.25, 0.3) is 11.0 Å². The van der Waals surface area contributed by atoms with E-state index in [1.807, 2.05) is 48.7 Å². The highest BCUT2D eigenvalue weighted by Gasteiger charge is 2.19. The summed E-state index contributed by atoms with van der Waals surface area (Å²) in [6.45, 7) is 7.26. The Morgan fingerprint density at radius 2 is 2.00 bits per heavy atom. The van der Waals surface area contributed by atoms with Gasteiger partial charge in [-0.1, -0.05) is 35.9 Å². The van der Waals surface area contributed by atoms with Crippen LogP contribution in [0.5, 0.6) is 5.75 Å². The van der Waals surface area contributed by atoms with Crippen molar-refractivity contribution >= 4 is 28.3 Å². The molecule has 2 heterocycles. The van der Waals surface area contributed by atoms with Gasteiger partial charge in [0.2, 0.25) is 0 Å². The van der Waals surface area contributed by atoms with Gasteiger partial charge in [0.05, 0.1) is 28.5 Å². The Labute approximate surface area is 180 Å². The predicted octanol–water partition coefficient (Wildman–Crippen LogP) is 5.28. The Bertz CT molecular complexity index is 1160. The number of hydrogen-bond acceptors (Lipinski definition) is 4. The lowest BCUT2D eigenvalue weighted by Crippen LogP contribution is -2.28. The third-order valence-electron chi connectivity index (χ3n) is 5.07. The van der Waals surface area contributed by atoms with Gasteiger partial charge >= 0.3 is 0 Å². The quantitative estimate of drug-likeness (QED) is 0.443.